The number of nitrogen functional groups attached to an aromatic ring is 1. The smallest absolute Gasteiger partial charge is 0.341 e. The highest BCUT2D eigenvalue weighted by molar-refractivity contribution is 5.92. The van der Waals surface area contributed by atoms with Crippen molar-refractivity contribution in [3.05, 3.63) is 77.1 Å². The number of hydrogen-bond acceptors (Lipinski definition) is 6. The zero-order valence-electron chi connectivity index (χ0n) is 20.0. The Morgan fingerprint density at radius 2 is 1.69 bits per heavy atom. The number of ether oxygens (including phenoxy) is 3. The van der Waals surface area contributed by atoms with Crippen LogP contribution in [0.5, 0.6) is 17.2 Å². The molecule has 0 unspecified atom stereocenters. The topological polar surface area (TPSA) is 88.6 Å². The molecule has 0 atom stereocenters. The molecule has 0 amide bonds. The highest BCUT2D eigenvalue weighted by atomic mass is 35.5. The molecule has 0 bridgehead atoms. The van der Waals surface area contributed by atoms with Crippen LogP contribution in [0.1, 0.15) is 34.2 Å². The lowest BCUT2D eigenvalue weighted by Crippen LogP contribution is -2.09. The van der Waals surface area contributed by atoms with E-state index in [2.05, 4.69) is 4.98 Å². The van der Waals surface area contributed by atoms with Gasteiger partial charge < -0.3 is 24.5 Å². The van der Waals surface area contributed by atoms with E-state index in [0.717, 1.165) is 39.4 Å². The molecule has 4 aromatic rings. The number of halogens is 2. The molecule has 0 fully saturated rings. The normalized spacial score (nSPS) is 10.3. The van der Waals surface area contributed by atoms with Crippen molar-refractivity contribution in [3.63, 3.8) is 0 Å². The molecule has 1 heterocycles. The third-order valence-electron chi connectivity index (χ3n) is 5.49. The van der Waals surface area contributed by atoms with E-state index < -0.39 is 5.97 Å². The number of benzene rings is 3. The number of para-hydroxylation sites is 1. The van der Waals surface area contributed by atoms with E-state index in [0.29, 0.717) is 23.7 Å². The van der Waals surface area contributed by atoms with E-state index in [-0.39, 0.29) is 31.4 Å². The molecule has 0 aliphatic rings. The predicted octanol–water partition coefficient (Wildman–Crippen LogP) is 6.16. The van der Waals surface area contributed by atoms with E-state index in [1.54, 1.807) is 25.1 Å². The van der Waals surface area contributed by atoms with Crippen molar-refractivity contribution in [2.24, 2.45) is 7.05 Å². The zero-order valence-corrected chi connectivity index (χ0v) is 21.7. The van der Waals surface area contributed by atoms with Crippen molar-refractivity contribution in [2.75, 3.05) is 12.3 Å². The van der Waals surface area contributed by atoms with Gasteiger partial charge in [0.25, 0.3) is 0 Å². The average molecular weight is 518 g/mol. The molecule has 0 aliphatic carbocycles. The van der Waals surface area contributed by atoms with Gasteiger partial charge in [-0.15, -0.1) is 24.8 Å². The quantitative estimate of drug-likeness (QED) is 0.233. The molecular weight excluding hydrogens is 489 g/mol. The molecule has 9 heteroatoms. The molecule has 0 saturated heterocycles. The Labute approximate surface area is 217 Å². The number of anilines is 1. The predicted molar refractivity (Wildman–Crippen MR) is 142 cm³/mol. The Morgan fingerprint density at radius 3 is 2.37 bits per heavy atom. The number of esters is 1. The molecule has 0 aliphatic heterocycles. The van der Waals surface area contributed by atoms with Crippen molar-refractivity contribution in [3.8, 4) is 17.2 Å². The van der Waals surface area contributed by atoms with Gasteiger partial charge in [0.15, 0.2) is 0 Å². The highest BCUT2D eigenvalue weighted by Crippen LogP contribution is 2.30. The van der Waals surface area contributed by atoms with Crippen LogP contribution in [-0.4, -0.2) is 22.1 Å². The van der Waals surface area contributed by atoms with Crippen LogP contribution in [0.15, 0.2) is 54.6 Å². The number of fused-ring (bicyclic) bond motifs is 1. The minimum Gasteiger partial charge on any atom is -0.485 e. The van der Waals surface area contributed by atoms with Crippen LogP contribution < -0.4 is 15.2 Å². The van der Waals surface area contributed by atoms with Gasteiger partial charge in [-0.25, -0.2) is 9.78 Å². The lowest BCUT2D eigenvalue weighted by atomic mass is 10.1. The van der Waals surface area contributed by atoms with Gasteiger partial charge in [0.1, 0.15) is 35.2 Å². The molecule has 4 rings (SSSR count). The summed E-state index contributed by atoms with van der Waals surface area (Å²) in [6, 6.07) is 16.6. The first-order chi connectivity index (χ1) is 15.9. The van der Waals surface area contributed by atoms with Crippen molar-refractivity contribution in [1.82, 2.24) is 9.55 Å². The van der Waals surface area contributed by atoms with Crippen LogP contribution >= 0.6 is 24.8 Å². The average Bonchev–Trinajstić information content (AvgIpc) is 3.11. The largest absolute Gasteiger partial charge is 0.485 e. The van der Waals surface area contributed by atoms with Crippen molar-refractivity contribution < 1.29 is 19.0 Å². The number of hydrogen-bond donors (Lipinski definition) is 1. The number of imidazole rings is 1. The van der Waals surface area contributed by atoms with Gasteiger partial charge in [-0.3, -0.25) is 0 Å². The Kier molecular flexibility index (Phi) is 9.40. The SMILES string of the molecule is CCOC(=O)c1ccccc1OCc1nc2ccc(Oc3cc(C)c(N)c(C)c3)cc2n1C.Cl.Cl. The Bertz CT molecular complexity index is 1310. The fourth-order valence-corrected chi connectivity index (χ4v) is 3.65. The van der Waals surface area contributed by atoms with E-state index in [4.69, 9.17) is 19.9 Å². The summed E-state index contributed by atoms with van der Waals surface area (Å²) in [7, 11) is 1.92. The lowest BCUT2D eigenvalue weighted by molar-refractivity contribution is 0.0521. The molecule has 0 radical (unpaired) electrons. The van der Waals surface area contributed by atoms with E-state index >= 15 is 0 Å². The summed E-state index contributed by atoms with van der Waals surface area (Å²) in [6.45, 7) is 6.21. The molecule has 35 heavy (non-hydrogen) atoms. The summed E-state index contributed by atoms with van der Waals surface area (Å²) in [5.41, 5.74) is 10.9. The Balaban J connectivity index is 0.00000216. The second-order valence-electron chi connectivity index (χ2n) is 7.82. The number of nitrogens with two attached hydrogens (primary N) is 1. The van der Waals surface area contributed by atoms with Crippen LogP contribution in [0, 0.1) is 13.8 Å². The summed E-state index contributed by atoms with van der Waals surface area (Å²) < 4.78 is 19.1. The molecule has 0 saturated carbocycles. The lowest BCUT2D eigenvalue weighted by Gasteiger charge is -2.11. The van der Waals surface area contributed by atoms with Gasteiger partial charge in [-0.05, 0) is 68.3 Å². The number of rotatable bonds is 7. The maximum atomic E-state index is 12.2. The first kappa shape index (κ1) is 27.8. The third-order valence-corrected chi connectivity index (χ3v) is 5.49. The summed E-state index contributed by atoms with van der Waals surface area (Å²) in [5, 5.41) is 0. The van der Waals surface area contributed by atoms with Crippen LogP contribution in [0.2, 0.25) is 0 Å². The Morgan fingerprint density at radius 1 is 1.00 bits per heavy atom. The third kappa shape index (κ3) is 5.99. The summed E-state index contributed by atoms with van der Waals surface area (Å²) in [6.07, 6.45) is 0. The Hall–Kier alpha value is -3.42. The molecule has 7 nitrogen and oxygen atoms in total. The first-order valence-electron chi connectivity index (χ1n) is 10.8. The molecule has 186 valence electrons. The van der Waals surface area contributed by atoms with Crippen LogP contribution in [0.25, 0.3) is 11.0 Å². The van der Waals surface area contributed by atoms with Gasteiger partial charge in [-0.1, -0.05) is 12.1 Å². The second kappa shape index (κ2) is 11.8. The van der Waals surface area contributed by atoms with Gasteiger partial charge in [0, 0.05) is 18.8 Å². The fraction of sp³-hybridized carbons (Fsp3) is 0.231. The first-order valence-corrected chi connectivity index (χ1v) is 10.8. The summed E-state index contributed by atoms with van der Waals surface area (Å²) in [4.78, 5) is 16.9. The molecule has 0 spiro atoms. The highest BCUT2D eigenvalue weighted by Gasteiger charge is 2.15. The van der Waals surface area contributed by atoms with E-state index in [1.807, 2.05) is 61.9 Å². The van der Waals surface area contributed by atoms with Gasteiger partial charge >= 0.3 is 5.97 Å². The zero-order chi connectivity index (χ0) is 23.5. The van der Waals surface area contributed by atoms with Gasteiger partial charge in [0.2, 0.25) is 0 Å². The van der Waals surface area contributed by atoms with Crippen LogP contribution in [0.3, 0.4) is 0 Å². The number of aryl methyl sites for hydroxylation is 3. The number of aromatic nitrogens is 2. The van der Waals surface area contributed by atoms with E-state index in [9.17, 15) is 4.79 Å². The summed E-state index contributed by atoms with van der Waals surface area (Å²) in [5.74, 6) is 2.21. The van der Waals surface area contributed by atoms with E-state index in [1.165, 1.54) is 0 Å². The monoisotopic (exact) mass is 517 g/mol. The van der Waals surface area contributed by atoms with Crippen molar-refractivity contribution in [1.29, 1.82) is 0 Å². The van der Waals surface area contributed by atoms with Gasteiger partial charge in [-0.2, -0.15) is 0 Å². The van der Waals surface area contributed by atoms with Gasteiger partial charge in [0.05, 0.1) is 17.6 Å². The number of carbonyl (C=O) groups excluding carboxylic acids is 1. The standard InChI is InChI=1S/C26H27N3O4.2ClH/c1-5-31-26(30)20-8-6-7-9-23(20)32-15-24-28-21-11-10-18(14-22(21)29(24)4)33-19-12-16(2)25(27)17(3)13-19;;/h6-14H,5,15,27H2,1-4H3;2*1H. The van der Waals surface area contributed by atoms with Crippen molar-refractivity contribution >= 4 is 47.5 Å². The van der Waals surface area contributed by atoms with Crippen LogP contribution in [-0.2, 0) is 18.4 Å². The maximum Gasteiger partial charge on any atom is 0.341 e. The second-order valence-corrected chi connectivity index (χ2v) is 7.82. The maximum absolute atomic E-state index is 12.2. The minimum atomic E-state index is -0.409. The fourth-order valence-electron chi connectivity index (χ4n) is 3.65. The molecule has 3 aromatic carbocycles. The van der Waals surface area contributed by atoms with Crippen molar-refractivity contribution in [2.45, 2.75) is 27.4 Å². The molecule has 2 N–H and O–H groups in total. The molecule has 1 aromatic heterocycles. The number of nitrogens with zero attached hydrogens (tertiary/aromatic N) is 2. The number of carbonyl (C=O) groups is 1. The molecular formula is C26H29Cl2N3O4. The minimum absolute atomic E-state index is 0. The summed E-state index contributed by atoms with van der Waals surface area (Å²) >= 11 is 0. The van der Waals surface area contributed by atoms with Crippen LogP contribution in [0.4, 0.5) is 5.69 Å².